The van der Waals surface area contributed by atoms with E-state index in [2.05, 4.69) is 36.2 Å². The minimum absolute atomic E-state index is 0.104. The van der Waals surface area contributed by atoms with Crippen LogP contribution < -0.4 is 15.0 Å². The van der Waals surface area contributed by atoms with Gasteiger partial charge < -0.3 is 9.47 Å². The number of anilines is 3. The monoisotopic (exact) mass is 608 g/mol. The van der Waals surface area contributed by atoms with Gasteiger partial charge in [0.1, 0.15) is 12.1 Å². The number of imidazole rings is 1. The van der Waals surface area contributed by atoms with Crippen molar-refractivity contribution in [1.82, 2.24) is 19.5 Å². The fourth-order valence-electron chi connectivity index (χ4n) is 3.62. The number of halogens is 1. The summed E-state index contributed by atoms with van der Waals surface area (Å²) in [5.74, 6) is -1.55. The lowest BCUT2D eigenvalue weighted by Crippen LogP contribution is -2.29. The lowest BCUT2D eigenvalue weighted by Gasteiger charge is -2.22. The Morgan fingerprint density at radius 2 is 1.52 bits per heavy atom. The van der Waals surface area contributed by atoms with Crippen molar-refractivity contribution in [2.75, 3.05) is 10.2 Å². The topological polar surface area (TPSA) is 129 Å². The number of benzene rings is 2. The third-order valence-electron chi connectivity index (χ3n) is 5.38. The molecule has 0 saturated heterocycles. The number of ether oxygens (including phenoxy) is 2. The Balaban J connectivity index is 1.79. The number of hydrogen-bond acceptors (Lipinski definition) is 8. The van der Waals surface area contributed by atoms with Crippen LogP contribution in [0, 0.1) is 5.92 Å². The number of para-hydroxylation sites is 2. The normalized spacial score (nSPS) is 11.4. The lowest BCUT2D eigenvalue weighted by atomic mass is 10.2. The Morgan fingerprint density at radius 1 is 0.950 bits per heavy atom. The van der Waals surface area contributed by atoms with Crippen molar-refractivity contribution in [1.29, 1.82) is 0 Å². The van der Waals surface area contributed by atoms with Crippen LogP contribution in [0.5, 0.6) is 5.88 Å². The van der Waals surface area contributed by atoms with Crippen LogP contribution in [0.4, 0.5) is 22.1 Å². The number of nitrogens with one attached hydrogen (secondary N) is 1. The third-order valence-corrected chi connectivity index (χ3v) is 5.98. The Kier molecular flexibility index (Phi) is 8.48. The summed E-state index contributed by atoms with van der Waals surface area (Å²) in [6, 6.07) is 18.0. The lowest BCUT2D eigenvalue weighted by molar-refractivity contribution is -0.155. The van der Waals surface area contributed by atoms with Crippen LogP contribution in [0.3, 0.4) is 0 Å². The third kappa shape index (κ3) is 6.81. The van der Waals surface area contributed by atoms with Gasteiger partial charge in [0, 0.05) is 5.92 Å². The predicted octanol–water partition coefficient (Wildman–Crippen LogP) is 5.86. The summed E-state index contributed by atoms with van der Waals surface area (Å²) < 4.78 is 12.9. The van der Waals surface area contributed by atoms with Crippen molar-refractivity contribution in [2.24, 2.45) is 5.92 Å². The zero-order chi connectivity index (χ0) is 29.0. The van der Waals surface area contributed by atoms with E-state index in [0.717, 1.165) is 0 Å². The van der Waals surface area contributed by atoms with Gasteiger partial charge in [-0.25, -0.2) is 14.7 Å². The molecule has 40 heavy (non-hydrogen) atoms. The van der Waals surface area contributed by atoms with E-state index in [0.29, 0.717) is 11.4 Å². The van der Waals surface area contributed by atoms with Gasteiger partial charge in [0.05, 0.1) is 11.4 Å². The van der Waals surface area contributed by atoms with E-state index in [9.17, 15) is 14.4 Å². The summed E-state index contributed by atoms with van der Waals surface area (Å²) in [6.07, 6.45) is -0.767. The maximum absolute atomic E-state index is 13.7. The number of amides is 2. The number of nitrogens with zero attached hydrogens (tertiary/aromatic N) is 5. The smallest absolute Gasteiger partial charge is 0.425 e. The van der Waals surface area contributed by atoms with Crippen LogP contribution in [-0.2, 0) is 20.9 Å². The Morgan fingerprint density at radius 3 is 2.05 bits per heavy atom. The van der Waals surface area contributed by atoms with Gasteiger partial charge in [0.15, 0.2) is 15.9 Å². The summed E-state index contributed by atoms with van der Waals surface area (Å²) in [7, 11) is 0. The average molecular weight is 609 g/mol. The highest BCUT2D eigenvalue weighted by molar-refractivity contribution is 9.10. The molecule has 0 unspecified atom stereocenters. The highest BCUT2D eigenvalue weighted by atomic mass is 79.9. The molecule has 1 N–H and O–H groups in total. The van der Waals surface area contributed by atoms with Crippen molar-refractivity contribution in [3.8, 4) is 5.88 Å². The van der Waals surface area contributed by atoms with E-state index >= 15 is 0 Å². The molecule has 0 fully saturated rings. The van der Waals surface area contributed by atoms with Gasteiger partial charge >= 0.3 is 12.1 Å². The maximum Gasteiger partial charge on any atom is 0.425 e. The van der Waals surface area contributed by atoms with E-state index < -0.39 is 17.7 Å². The molecule has 2 aromatic heterocycles. The molecule has 0 aliphatic carbocycles. The van der Waals surface area contributed by atoms with Crippen molar-refractivity contribution >= 4 is 62.4 Å². The summed E-state index contributed by atoms with van der Waals surface area (Å²) >= 11 is 3.36. The molecule has 11 nitrogen and oxygen atoms in total. The van der Waals surface area contributed by atoms with Gasteiger partial charge in [0.25, 0.3) is 5.88 Å². The van der Waals surface area contributed by atoms with Crippen molar-refractivity contribution in [3.63, 3.8) is 0 Å². The molecule has 0 bridgehead atoms. The molecule has 0 aliphatic heterocycles. The second-order valence-electron chi connectivity index (χ2n) is 10.1. The molecule has 4 rings (SSSR count). The maximum atomic E-state index is 13.7. The first-order valence-electron chi connectivity index (χ1n) is 12.5. The Bertz CT molecular complexity index is 1490. The minimum Gasteiger partial charge on any atom is -0.459 e. The molecular weight excluding hydrogens is 580 g/mol. The van der Waals surface area contributed by atoms with Crippen LogP contribution in [0.25, 0.3) is 11.2 Å². The van der Waals surface area contributed by atoms with Crippen molar-refractivity contribution in [3.05, 3.63) is 65.4 Å². The van der Waals surface area contributed by atoms with E-state index in [1.54, 1.807) is 83.1 Å². The number of carbonyl (C=O) groups excluding carboxylic acids is 3. The quantitative estimate of drug-likeness (QED) is 0.204. The van der Waals surface area contributed by atoms with Gasteiger partial charge in [-0.3, -0.25) is 19.5 Å². The SMILES string of the molecule is CC(C)C(=O)Nc1nc(OC(=O)N(c2ccccc2)c2ccccc2)c2nc(Br)n(CC(=O)OC(C)(C)C)c2n1. The molecule has 12 heteroatoms. The first kappa shape index (κ1) is 28.7. The number of rotatable bonds is 7. The summed E-state index contributed by atoms with van der Waals surface area (Å²) in [5.41, 5.74) is 0.681. The summed E-state index contributed by atoms with van der Waals surface area (Å²) in [5, 5.41) is 2.63. The molecule has 4 aromatic rings. The van der Waals surface area contributed by atoms with Crippen LogP contribution in [0.2, 0.25) is 0 Å². The van der Waals surface area contributed by atoms with Crippen LogP contribution in [0.15, 0.2) is 65.4 Å². The molecule has 0 radical (unpaired) electrons. The molecular formula is C28H29BrN6O5. The van der Waals surface area contributed by atoms with E-state index in [1.165, 1.54) is 9.47 Å². The molecule has 0 aliphatic rings. The zero-order valence-corrected chi connectivity index (χ0v) is 24.3. The fraction of sp³-hybridized carbons (Fsp3) is 0.286. The summed E-state index contributed by atoms with van der Waals surface area (Å²) in [6.45, 7) is 8.48. The van der Waals surface area contributed by atoms with Gasteiger partial charge in [-0.1, -0.05) is 50.2 Å². The van der Waals surface area contributed by atoms with Gasteiger partial charge in [0.2, 0.25) is 11.9 Å². The number of aromatic nitrogens is 4. The predicted molar refractivity (Wildman–Crippen MR) is 153 cm³/mol. The standard InChI is InChI=1S/C28H29BrN6O5/c1-17(2)23(37)32-26-31-22-21(30-25(29)34(22)16-20(36)40-28(3,4)5)24(33-26)39-27(38)35(18-12-8-6-9-13-18)19-14-10-7-11-15-19/h6-15,17H,16H2,1-5H3,(H,31,32,33,37). The molecule has 0 atom stereocenters. The molecule has 2 aromatic carbocycles. The van der Waals surface area contributed by atoms with E-state index in [4.69, 9.17) is 9.47 Å². The molecule has 208 valence electrons. The number of hydrogen-bond donors (Lipinski definition) is 1. The Labute approximate surface area is 239 Å². The van der Waals surface area contributed by atoms with Gasteiger partial charge in [-0.2, -0.15) is 9.97 Å². The zero-order valence-electron chi connectivity index (χ0n) is 22.7. The second kappa shape index (κ2) is 11.8. The Hall–Kier alpha value is -4.32. The first-order chi connectivity index (χ1) is 18.9. The summed E-state index contributed by atoms with van der Waals surface area (Å²) in [4.78, 5) is 53.3. The van der Waals surface area contributed by atoms with Crippen LogP contribution >= 0.6 is 15.9 Å². The van der Waals surface area contributed by atoms with Crippen LogP contribution in [0.1, 0.15) is 34.6 Å². The van der Waals surface area contributed by atoms with E-state index in [1.807, 2.05) is 12.1 Å². The van der Waals surface area contributed by atoms with Gasteiger partial charge in [-0.15, -0.1) is 0 Å². The minimum atomic E-state index is -0.767. The number of esters is 1. The fourth-order valence-corrected chi connectivity index (χ4v) is 4.09. The van der Waals surface area contributed by atoms with Crippen LogP contribution in [-0.4, -0.2) is 43.1 Å². The largest absolute Gasteiger partial charge is 0.459 e. The molecule has 2 heterocycles. The van der Waals surface area contributed by atoms with Crippen molar-refractivity contribution in [2.45, 2.75) is 46.8 Å². The van der Waals surface area contributed by atoms with Crippen molar-refractivity contribution < 1.29 is 23.9 Å². The second-order valence-corrected chi connectivity index (χ2v) is 10.8. The number of carbonyl (C=O) groups is 3. The molecule has 2 amide bonds. The molecule has 0 spiro atoms. The highest BCUT2D eigenvalue weighted by Crippen LogP contribution is 2.31. The average Bonchev–Trinajstić information content (AvgIpc) is 3.19. The highest BCUT2D eigenvalue weighted by Gasteiger charge is 2.27. The van der Waals surface area contributed by atoms with E-state index in [-0.39, 0.29) is 46.1 Å². The first-order valence-corrected chi connectivity index (χ1v) is 13.3. The number of fused-ring (bicyclic) bond motifs is 1. The molecule has 0 saturated carbocycles. The van der Waals surface area contributed by atoms with Gasteiger partial charge in [-0.05, 0) is 61.0 Å².